The van der Waals surface area contributed by atoms with Crippen LogP contribution in [0, 0.1) is 0 Å². The maximum Gasteiger partial charge on any atom is 0.163 e. The van der Waals surface area contributed by atoms with Crippen molar-refractivity contribution >= 4 is 11.5 Å². The summed E-state index contributed by atoms with van der Waals surface area (Å²) >= 11 is 0. The van der Waals surface area contributed by atoms with Crippen molar-refractivity contribution in [1.82, 2.24) is 0 Å². The SMILES string of the molecule is CO/N=C(/CCC(=O)c1ccccc1)c1ccccc1. The van der Waals surface area contributed by atoms with Gasteiger partial charge in [0.25, 0.3) is 0 Å². The summed E-state index contributed by atoms with van der Waals surface area (Å²) in [6.45, 7) is 0. The molecule has 0 heterocycles. The Bertz CT molecular complexity index is 576. The molecule has 0 bridgehead atoms. The van der Waals surface area contributed by atoms with Gasteiger partial charge in [-0.05, 0) is 5.56 Å². The lowest BCUT2D eigenvalue weighted by molar-refractivity contribution is 0.0984. The minimum absolute atomic E-state index is 0.116. The first-order chi connectivity index (χ1) is 9.81. The van der Waals surface area contributed by atoms with Crippen LogP contribution in [0.1, 0.15) is 28.8 Å². The minimum atomic E-state index is 0.116. The monoisotopic (exact) mass is 267 g/mol. The predicted molar refractivity (Wildman–Crippen MR) is 80.0 cm³/mol. The number of benzene rings is 2. The van der Waals surface area contributed by atoms with E-state index in [1.807, 2.05) is 60.7 Å². The molecule has 2 rings (SSSR count). The number of oxime groups is 1. The zero-order valence-corrected chi connectivity index (χ0v) is 11.5. The number of ketones is 1. The van der Waals surface area contributed by atoms with Gasteiger partial charge in [0, 0.05) is 18.4 Å². The van der Waals surface area contributed by atoms with Gasteiger partial charge in [-0.3, -0.25) is 4.79 Å². The lowest BCUT2D eigenvalue weighted by atomic mass is 10.0. The second-order valence-corrected chi connectivity index (χ2v) is 4.38. The van der Waals surface area contributed by atoms with E-state index in [2.05, 4.69) is 5.16 Å². The average molecular weight is 267 g/mol. The molecule has 0 radical (unpaired) electrons. The summed E-state index contributed by atoms with van der Waals surface area (Å²) in [5.41, 5.74) is 2.50. The maximum atomic E-state index is 12.1. The van der Waals surface area contributed by atoms with Crippen LogP contribution in [0.4, 0.5) is 0 Å². The van der Waals surface area contributed by atoms with E-state index in [0.29, 0.717) is 12.8 Å². The number of hydrogen-bond acceptors (Lipinski definition) is 3. The Morgan fingerprint density at radius 3 is 2.00 bits per heavy atom. The molecule has 0 saturated heterocycles. The van der Waals surface area contributed by atoms with Gasteiger partial charge in [0.15, 0.2) is 5.78 Å². The third kappa shape index (κ3) is 3.79. The van der Waals surface area contributed by atoms with Gasteiger partial charge >= 0.3 is 0 Å². The van der Waals surface area contributed by atoms with Gasteiger partial charge in [0.2, 0.25) is 0 Å². The molecule has 102 valence electrons. The van der Waals surface area contributed by atoms with E-state index in [9.17, 15) is 4.79 Å². The smallest absolute Gasteiger partial charge is 0.163 e. The Morgan fingerprint density at radius 2 is 1.45 bits per heavy atom. The zero-order valence-electron chi connectivity index (χ0n) is 11.5. The lowest BCUT2D eigenvalue weighted by Gasteiger charge is -2.05. The van der Waals surface area contributed by atoms with Crippen LogP contribution in [0.5, 0.6) is 0 Å². The Kier molecular flexibility index (Phi) is 5.07. The zero-order chi connectivity index (χ0) is 14.2. The van der Waals surface area contributed by atoms with Crippen LogP contribution in [-0.4, -0.2) is 18.6 Å². The Labute approximate surface area is 118 Å². The molecule has 20 heavy (non-hydrogen) atoms. The number of carbonyl (C=O) groups excluding carboxylic acids is 1. The molecule has 0 saturated carbocycles. The van der Waals surface area contributed by atoms with Gasteiger partial charge in [0.05, 0.1) is 5.71 Å². The largest absolute Gasteiger partial charge is 0.399 e. The standard InChI is InChI=1S/C17H17NO2/c1-20-18-16(14-8-4-2-5-9-14)12-13-17(19)15-10-6-3-7-11-15/h2-11H,12-13H2,1H3/b18-16-. The van der Waals surface area contributed by atoms with E-state index >= 15 is 0 Å². The van der Waals surface area contributed by atoms with Gasteiger partial charge in [0.1, 0.15) is 7.11 Å². The molecule has 0 atom stereocenters. The van der Waals surface area contributed by atoms with Gasteiger partial charge in [-0.15, -0.1) is 0 Å². The summed E-state index contributed by atoms with van der Waals surface area (Å²) < 4.78 is 0. The molecule has 0 aliphatic rings. The fourth-order valence-electron chi connectivity index (χ4n) is 1.98. The van der Waals surface area contributed by atoms with E-state index in [1.165, 1.54) is 7.11 Å². The van der Waals surface area contributed by atoms with Gasteiger partial charge in [-0.1, -0.05) is 65.8 Å². The van der Waals surface area contributed by atoms with E-state index < -0.39 is 0 Å². The van der Waals surface area contributed by atoms with Crippen LogP contribution in [-0.2, 0) is 4.84 Å². The molecule has 0 amide bonds. The molecule has 0 aliphatic carbocycles. The van der Waals surface area contributed by atoms with Crippen LogP contribution in [0.3, 0.4) is 0 Å². The average Bonchev–Trinajstić information content (AvgIpc) is 2.53. The van der Waals surface area contributed by atoms with Crippen LogP contribution in [0.15, 0.2) is 65.8 Å². The van der Waals surface area contributed by atoms with Gasteiger partial charge in [-0.2, -0.15) is 0 Å². The maximum absolute atomic E-state index is 12.1. The third-order valence-electron chi connectivity index (χ3n) is 2.99. The number of nitrogens with zero attached hydrogens (tertiary/aromatic N) is 1. The first-order valence-electron chi connectivity index (χ1n) is 6.55. The van der Waals surface area contributed by atoms with Crippen LogP contribution < -0.4 is 0 Å². The van der Waals surface area contributed by atoms with Crippen molar-refractivity contribution < 1.29 is 9.63 Å². The lowest BCUT2D eigenvalue weighted by Crippen LogP contribution is -2.06. The summed E-state index contributed by atoms with van der Waals surface area (Å²) in [6.07, 6.45) is 0.979. The highest BCUT2D eigenvalue weighted by Gasteiger charge is 2.09. The Balaban J connectivity index is 2.04. The Morgan fingerprint density at radius 1 is 0.900 bits per heavy atom. The molecule has 2 aromatic carbocycles. The summed E-state index contributed by atoms with van der Waals surface area (Å²) in [6, 6.07) is 19.1. The first-order valence-corrected chi connectivity index (χ1v) is 6.55. The number of rotatable bonds is 6. The van der Waals surface area contributed by atoms with E-state index in [0.717, 1.165) is 16.8 Å². The fraction of sp³-hybridized carbons (Fsp3) is 0.176. The highest BCUT2D eigenvalue weighted by atomic mass is 16.6. The van der Waals surface area contributed by atoms with E-state index in [1.54, 1.807) is 0 Å². The molecular weight excluding hydrogens is 250 g/mol. The molecule has 3 heteroatoms. The molecule has 0 unspecified atom stereocenters. The number of carbonyl (C=O) groups is 1. The molecule has 0 N–H and O–H groups in total. The molecule has 2 aromatic rings. The quantitative estimate of drug-likeness (QED) is 0.455. The summed E-state index contributed by atoms with van der Waals surface area (Å²) in [4.78, 5) is 17.0. The minimum Gasteiger partial charge on any atom is -0.399 e. The molecule has 0 fully saturated rings. The summed E-state index contributed by atoms with van der Waals surface area (Å²) in [5, 5.41) is 4.02. The molecule has 0 aliphatic heterocycles. The van der Waals surface area contributed by atoms with Crippen molar-refractivity contribution in [3.8, 4) is 0 Å². The molecule has 0 spiro atoms. The number of hydrogen-bond donors (Lipinski definition) is 0. The van der Waals surface area contributed by atoms with Crippen molar-refractivity contribution in [3.05, 3.63) is 71.8 Å². The summed E-state index contributed by atoms with van der Waals surface area (Å²) in [5.74, 6) is 0.116. The van der Waals surface area contributed by atoms with Crippen molar-refractivity contribution in [2.75, 3.05) is 7.11 Å². The van der Waals surface area contributed by atoms with Crippen molar-refractivity contribution in [2.45, 2.75) is 12.8 Å². The van der Waals surface area contributed by atoms with E-state index in [4.69, 9.17) is 4.84 Å². The van der Waals surface area contributed by atoms with Gasteiger partial charge < -0.3 is 4.84 Å². The predicted octanol–water partition coefficient (Wildman–Crippen LogP) is 3.70. The molecule has 0 aromatic heterocycles. The second kappa shape index (κ2) is 7.24. The second-order valence-electron chi connectivity index (χ2n) is 4.38. The van der Waals surface area contributed by atoms with Crippen LogP contribution >= 0.6 is 0 Å². The third-order valence-corrected chi connectivity index (χ3v) is 2.99. The fourth-order valence-corrected chi connectivity index (χ4v) is 1.98. The van der Waals surface area contributed by atoms with Crippen molar-refractivity contribution in [3.63, 3.8) is 0 Å². The van der Waals surface area contributed by atoms with E-state index in [-0.39, 0.29) is 5.78 Å². The Hall–Kier alpha value is -2.42. The van der Waals surface area contributed by atoms with Crippen molar-refractivity contribution in [1.29, 1.82) is 0 Å². The van der Waals surface area contributed by atoms with Crippen LogP contribution in [0.2, 0.25) is 0 Å². The molecule has 3 nitrogen and oxygen atoms in total. The summed E-state index contributed by atoms with van der Waals surface area (Å²) in [7, 11) is 1.52. The first kappa shape index (κ1) is 14.0. The van der Waals surface area contributed by atoms with Crippen LogP contribution in [0.25, 0.3) is 0 Å². The normalized spacial score (nSPS) is 11.2. The highest BCUT2D eigenvalue weighted by Crippen LogP contribution is 2.11. The van der Waals surface area contributed by atoms with Gasteiger partial charge in [-0.25, -0.2) is 0 Å². The highest BCUT2D eigenvalue weighted by molar-refractivity contribution is 6.04. The van der Waals surface area contributed by atoms with Crippen molar-refractivity contribution in [2.24, 2.45) is 5.16 Å². The molecular formula is C17H17NO2. The topological polar surface area (TPSA) is 38.7 Å². The number of Topliss-reactive ketones (excluding diaryl/α,β-unsaturated/α-hetero) is 1.